The maximum Gasteiger partial charge on any atom is 0.534 e. The molecule has 0 spiro atoms. The number of alkyl halides is 3. The van der Waals surface area contributed by atoms with Crippen molar-refractivity contribution in [2.75, 3.05) is 5.23 Å². The van der Waals surface area contributed by atoms with E-state index in [0.717, 1.165) is 0 Å². The molecule has 0 fully saturated rings. The van der Waals surface area contributed by atoms with Gasteiger partial charge in [0.15, 0.2) is 0 Å². The minimum atomic E-state index is -6.05. The average Bonchev–Trinajstić information content (AvgIpc) is 2.59. The molecule has 156 valence electrons. The molecule has 29 heavy (non-hydrogen) atoms. The molecule has 0 saturated heterocycles. The maximum atomic E-state index is 12.8. The van der Waals surface area contributed by atoms with E-state index in [-0.39, 0.29) is 27.7 Å². The molecule has 0 aliphatic heterocycles. The predicted molar refractivity (Wildman–Crippen MR) is 94.7 cm³/mol. The molecule has 0 bridgehead atoms. The smallest absolute Gasteiger partial charge is 0.354 e. The molecule has 2 rings (SSSR count). The summed E-state index contributed by atoms with van der Waals surface area (Å²) < 4.78 is 65.4. The molecule has 0 saturated carbocycles. The van der Waals surface area contributed by atoms with Gasteiger partial charge in [0, 0.05) is 11.0 Å². The van der Waals surface area contributed by atoms with Gasteiger partial charge in [-0.25, -0.2) is 4.98 Å². The van der Waals surface area contributed by atoms with Gasteiger partial charge in [0.1, 0.15) is 11.6 Å². The van der Waals surface area contributed by atoms with Gasteiger partial charge in [-0.05, 0) is 23.8 Å². The monoisotopic (exact) mass is 431 g/mol. The van der Waals surface area contributed by atoms with Gasteiger partial charge in [-0.15, -0.1) is 5.23 Å². The van der Waals surface area contributed by atoms with E-state index in [2.05, 4.69) is 9.17 Å². The van der Waals surface area contributed by atoms with Crippen LogP contribution in [0.25, 0.3) is 11.1 Å². The Kier molecular flexibility index (Phi) is 5.80. The molecule has 1 aromatic heterocycles. The topological polar surface area (TPSA) is 124 Å². The number of aromatic nitrogens is 1. The van der Waals surface area contributed by atoms with Crippen molar-refractivity contribution in [3.05, 3.63) is 41.6 Å². The van der Waals surface area contributed by atoms with Gasteiger partial charge < -0.3 is 4.18 Å². The van der Waals surface area contributed by atoms with Gasteiger partial charge >= 0.3 is 15.6 Å². The van der Waals surface area contributed by atoms with Crippen LogP contribution in [0.3, 0.4) is 0 Å². The lowest BCUT2D eigenvalue weighted by Crippen LogP contribution is -2.29. The molecule has 2 aromatic rings. The first kappa shape index (κ1) is 22.4. The summed E-state index contributed by atoms with van der Waals surface area (Å²) in [6, 6.07) is 8.30. The third kappa shape index (κ3) is 4.76. The molecule has 0 unspecified atom stereocenters. The number of nitriles is 1. The average molecular weight is 431 g/mol. The van der Waals surface area contributed by atoms with Crippen molar-refractivity contribution in [1.82, 2.24) is 4.98 Å². The molecule has 0 aliphatic carbocycles. The van der Waals surface area contributed by atoms with E-state index in [1.54, 1.807) is 26.8 Å². The zero-order valence-electron chi connectivity index (χ0n) is 15.4. The summed E-state index contributed by atoms with van der Waals surface area (Å²) in [6.07, 6.45) is 0. The number of rotatable bonds is 4. The maximum absolute atomic E-state index is 12.8. The van der Waals surface area contributed by atoms with Crippen molar-refractivity contribution < 1.29 is 36.2 Å². The van der Waals surface area contributed by atoms with Crippen LogP contribution in [0.4, 0.5) is 18.9 Å². The molecule has 0 aliphatic rings. The third-order valence-corrected chi connectivity index (χ3v) is 4.69. The largest absolute Gasteiger partial charge is 0.534 e. The normalized spacial score (nSPS) is 12.4. The summed E-state index contributed by atoms with van der Waals surface area (Å²) in [5.74, 6) is -0.998. The molecular weight excluding hydrogens is 415 g/mol. The van der Waals surface area contributed by atoms with Crippen molar-refractivity contribution in [3.8, 4) is 23.1 Å². The van der Waals surface area contributed by atoms with Crippen LogP contribution in [0.2, 0.25) is 0 Å². The summed E-state index contributed by atoms with van der Waals surface area (Å²) >= 11 is 0. The van der Waals surface area contributed by atoms with Crippen LogP contribution in [-0.4, -0.2) is 29.3 Å². The molecule has 0 radical (unpaired) electrons. The van der Waals surface area contributed by atoms with Crippen molar-refractivity contribution in [3.63, 3.8) is 0 Å². The van der Waals surface area contributed by atoms with Gasteiger partial charge in [0.25, 0.3) is 5.88 Å². The summed E-state index contributed by atoms with van der Waals surface area (Å²) in [5.41, 5.74) is -6.45. The van der Waals surface area contributed by atoms with Crippen LogP contribution in [-0.2, 0) is 15.5 Å². The van der Waals surface area contributed by atoms with Crippen molar-refractivity contribution in [2.45, 2.75) is 31.7 Å². The summed E-state index contributed by atoms with van der Waals surface area (Å²) in [6.45, 7) is 5.06. The second-order valence-corrected chi connectivity index (χ2v) is 8.45. The highest BCUT2D eigenvalue weighted by Gasteiger charge is 2.49. The Hall–Kier alpha value is -2.88. The number of anilines is 1. The number of hydrogen-bond acceptors (Lipinski definition) is 8. The van der Waals surface area contributed by atoms with Crippen LogP contribution >= 0.6 is 0 Å². The summed E-state index contributed by atoms with van der Waals surface area (Å²) in [5, 5.41) is 27.4. The highest BCUT2D eigenvalue weighted by atomic mass is 32.2. The summed E-state index contributed by atoms with van der Waals surface area (Å²) in [4.78, 5) is 3.83. The second kappa shape index (κ2) is 7.51. The van der Waals surface area contributed by atoms with E-state index in [1.165, 1.54) is 30.3 Å². The predicted octanol–water partition coefficient (Wildman–Crippen LogP) is 3.73. The zero-order valence-corrected chi connectivity index (χ0v) is 16.2. The lowest BCUT2D eigenvalue weighted by Gasteiger charge is -2.21. The highest BCUT2D eigenvalue weighted by Crippen LogP contribution is 2.36. The first-order valence-corrected chi connectivity index (χ1v) is 9.33. The van der Waals surface area contributed by atoms with Crippen molar-refractivity contribution in [1.29, 1.82) is 5.26 Å². The Morgan fingerprint density at radius 3 is 2.10 bits per heavy atom. The van der Waals surface area contributed by atoms with Crippen LogP contribution in [0, 0.1) is 11.3 Å². The number of benzene rings is 1. The Morgan fingerprint density at radius 1 is 1.14 bits per heavy atom. The first-order chi connectivity index (χ1) is 13.2. The van der Waals surface area contributed by atoms with E-state index < -0.39 is 32.5 Å². The highest BCUT2D eigenvalue weighted by molar-refractivity contribution is 7.87. The van der Waals surface area contributed by atoms with Gasteiger partial charge in [-0.2, -0.15) is 26.9 Å². The van der Waals surface area contributed by atoms with Crippen LogP contribution in [0.1, 0.15) is 32.0 Å². The van der Waals surface area contributed by atoms with Gasteiger partial charge in [0.2, 0.25) is 0 Å². The molecule has 1 aromatic carbocycles. The van der Waals surface area contributed by atoms with Crippen molar-refractivity contribution >= 4 is 15.8 Å². The van der Waals surface area contributed by atoms with Gasteiger partial charge in [0.05, 0.1) is 11.4 Å². The zero-order chi connectivity index (χ0) is 22.2. The van der Waals surface area contributed by atoms with Crippen LogP contribution in [0.5, 0.6) is 5.88 Å². The quantitative estimate of drug-likeness (QED) is 0.426. The summed E-state index contributed by atoms with van der Waals surface area (Å²) in [7, 11) is -6.05. The second-order valence-electron chi connectivity index (χ2n) is 6.92. The lowest BCUT2D eigenvalue weighted by molar-refractivity contribution is -0.0501. The standard InChI is InChI=1S/C17H16F3N3O5S/c1-16(2,3)14-8-12(10-4-6-11(7-5-10)23(24)25)13(9-21)15(22-14)28-29(26,27)17(18,19)20/h4-8,24-25H,1-3H3. The first-order valence-electron chi connectivity index (χ1n) is 7.92. The SMILES string of the molecule is CC(C)(C)c1cc(-c2ccc(N(O)O)cc2)c(C#N)c(OS(=O)(=O)C(F)(F)F)n1. The fourth-order valence-electron chi connectivity index (χ4n) is 2.23. The molecule has 0 amide bonds. The fraction of sp³-hybridized carbons (Fsp3) is 0.294. The number of halogens is 3. The minimum absolute atomic E-state index is 0.0199. The van der Waals surface area contributed by atoms with Gasteiger partial charge in [-0.3, -0.25) is 10.4 Å². The van der Waals surface area contributed by atoms with Crippen LogP contribution < -0.4 is 9.41 Å². The molecule has 0 atom stereocenters. The van der Waals surface area contributed by atoms with Gasteiger partial charge in [-0.1, -0.05) is 32.9 Å². The number of hydrogen-bond donors (Lipinski definition) is 2. The number of pyridine rings is 1. The van der Waals surface area contributed by atoms with E-state index in [9.17, 15) is 26.9 Å². The van der Waals surface area contributed by atoms with E-state index in [0.29, 0.717) is 0 Å². The van der Waals surface area contributed by atoms with E-state index in [1.807, 2.05) is 0 Å². The Balaban J connectivity index is 2.75. The van der Waals surface area contributed by atoms with E-state index in [4.69, 9.17) is 10.4 Å². The van der Waals surface area contributed by atoms with E-state index >= 15 is 0 Å². The molecule has 8 nitrogen and oxygen atoms in total. The Bertz CT molecular complexity index is 1050. The van der Waals surface area contributed by atoms with Crippen molar-refractivity contribution in [2.24, 2.45) is 0 Å². The van der Waals surface area contributed by atoms with Crippen LogP contribution in [0.15, 0.2) is 30.3 Å². The Morgan fingerprint density at radius 2 is 1.69 bits per heavy atom. The third-order valence-electron chi connectivity index (χ3n) is 3.75. The molecule has 2 N–H and O–H groups in total. The lowest BCUT2D eigenvalue weighted by atomic mass is 9.88. The fourth-order valence-corrected chi connectivity index (χ4v) is 2.65. The number of nitrogens with zero attached hydrogens (tertiary/aromatic N) is 3. The molecular formula is C17H16F3N3O5S. The molecule has 1 heterocycles. The Labute approximate surface area is 164 Å². The minimum Gasteiger partial charge on any atom is -0.354 e. The molecule has 12 heteroatoms.